The van der Waals surface area contributed by atoms with Gasteiger partial charge in [0.1, 0.15) is 5.60 Å². The van der Waals surface area contributed by atoms with E-state index in [0.717, 1.165) is 44.6 Å². The molecule has 3 N–H and O–H groups in total. The van der Waals surface area contributed by atoms with E-state index in [1.807, 2.05) is 20.8 Å². The van der Waals surface area contributed by atoms with Crippen molar-refractivity contribution in [3.8, 4) is 0 Å². The predicted octanol–water partition coefficient (Wildman–Crippen LogP) is 4.16. The maximum absolute atomic E-state index is 11.9. The lowest BCUT2D eigenvalue weighted by Crippen LogP contribution is -2.48. The quantitative estimate of drug-likeness (QED) is 0.312. The van der Waals surface area contributed by atoms with E-state index in [1.165, 1.54) is 11.1 Å². The van der Waals surface area contributed by atoms with E-state index in [4.69, 9.17) is 4.74 Å². The van der Waals surface area contributed by atoms with Crippen molar-refractivity contribution in [2.45, 2.75) is 77.5 Å². The number of alkyl carbamates (subject to hydrolysis) is 1. The van der Waals surface area contributed by atoms with Gasteiger partial charge in [0, 0.05) is 25.7 Å². The van der Waals surface area contributed by atoms with Crippen LogP contribution < -0.4 is 16.0 Å². The maximum Gasteiger partial charge on any atom is 0.407 e. The van der Waals surface area contributed by atoms with Crippen LogP contribution in [0.2, 0.25) is 0 Å². The number of carbonyl (C=O) groups is 1. The molecule has 6 nitrogen and oxygen atoms in total. The van der Waals surface area contributed by atoms with Crippen molar-refractivity contribution in [3.63, 3.8) is 0 Å². The summed E-state index contributed by atoms with van der Waals surface area (Å²) in [5.41, 5.74) is 2.15. The summed E-state index contributed by atoms with van der Waals surface area (Å²) in [6.45, 7) is 8.59. The molecular formula is C22H37IN4O2. The molecule has 1 aliphatic carbocycles. The third-order valence-corrected chi connectivity index (χ3v) is 4.84. The molecule has 7 heteroatoms. The molecule has 0 spiro atoms. The Bertz CT molecular complexity index is 648. The van der Waals surface area contributed by atoms with Gasteiger partial charge in [-0.3, -0.25) is 4.99 Å². The van der Waals surface area contributed by atoms with E-state index < -0.39 is 5.60 Å². The largest absolute Gasteiger partial charge is 0.444 e. The first-order chi connectivity index (χ1) is 13.2. The van der Waals surface area contributed by atoms with Crippen molar-refractivity contribution in [3.05, 3.63) is 35.4 Å². The molecule has 0 aromatic heterocycles. The first-order valence-electron chi connectivity index (χ1n) is 10.3. The molecule has 0 saturated heterocycles. The second kappa shape index (κ2) is 12.2. The Morgan fingerprint density at radius 1 is 1.07 bits per heavy atom. The number of benzene rings is 1. The van der Waals surface area contributed by atoms with Crippen LogP contribution in [0.15, 0.2) is 29.3 Å². The third-order valence-electron chi connectivity index (χ3n) is 4.84. The van der Waals surface area contributed by atoms with Crippen molar-refractivity contribution in [1.29, 1.82) is 0 Å². The molecule has 0 atom stereocenters. The van der Waals surface area contributed by atoms with E-state index in [-0.39, 0.29) is 36.1 Å². The highest BCUT2D eigenvalue weighted by Crippen LogP contribution is 2.19. The van der Waals surface area contributed by atoms with Gasteiger partial charge in [-0.2, -0.15) is 0 Å². The predicted molar refractivity (Wildman–Crippen MR) is 130 cm³/mol. The Morgan fingerprint density at radius 3 is 2.14 bits per heavy atom. The zero-order chi connectivity index (χ0) is 20.6. The van der Waals surface area contributed by atoms with Gasteiger partial charge in [0.2, 0.25) is 0 Å². The van der Waals surface area contributed by atoms with E-state index in [9.17, 15) is 4.79 Å². The highest BCUT2D eigenvalue weighted by atomic mass is 127. The molecule has 1 aromatic rings. The minimum Gasteiger partial charge on any atom is -0.444 e. The van der Waals surface area contributed by atoms with E-state index in [1.54, 1.807) is 7.05 Å². The van der Waals surface area contributed by atoms with Crippen LogP contribution in [0.25, 0.3) is 0 Å². The lowest BCUT2D eigenvalue weighted by atomic mass is 9.91. The Balaban J connectivity index is 0.00000420. The topological polar surface area (TPSA) is 74.8 Å². The van der Waals surface area contributed by atoms with Gasteiger partial charge in [-0.25, -0.2) is 4.79 Å². The minimum atomic E-state index is -0.459. The molecule has 1 amide bonds. The van der Waals surface area contributed by atoms with Gasteiger partial charge in [0.25, 0.3) is 0 Å². The van der Waals surface area contributed by atoms with E-state index in [2.05, 4.69) is 52.1 Å². The highest BCUT2D eigenvalue weighted by molar-refractivity contribution is 14.0. The average molecular weight is 516 g/mol. The number of rotatable bonds is 5. The molecule has 1 aliphatic rings. The molecule has 0 bridgehead atoms. The van der Waals surface area contributed by atoms with Gasteiger partial charge in [0.15, 0.2) is 5.96 Å². The van der Waals surface area contributed by atoms with Crippen LogP contribution in [0.5, 0.6) is 0 Å². The summed E-state index contributed by atoms with van der Waals surface area (Å²) < 4.78 is 5.34. The van der Waals surface area contributed by atoms with Crippen LogP contribution in [0.1, 0.15) is 57.6 Å². The number of hydrogen-bond donors (Lipinski definition) is 3. The van der Waals surface area contributed by atoms with Gasteiger partial charge >= 0.3 is 6.09 Å². The summed E-state index contributed by atoms with van der Waals surface area (Å²) in [6.07, 6.45) is 4.53. The SMILES string of the molecule is CN=C(NCCc1ccc(C)cc1)NC1CCC(NC(=O)OC(C)(C)C)CC1.I. The zero-order valence-electron chi connectivity index (χ0n) is 18.4. The van der Waals surface area contributed by atoms with Gasteiger partial charge < -0.3 is 20.7 Å². The monoisotopic (exact) mass is 516 g/mol. The van der Waals surface area contributed by atoms with Crippen molar-refractivity contribution in [2.24, 2.45) is 4.99 Å². The lowest BCUT2D eigenvalue weighted by molar-refractivity contribution is 0.0490. The normalized spacial score (nSPS) is 19.7. The van der Waals surface area contributed by atoms with E-state index in [0.29, 0.717) is 6.04 Å². The maximum atomic E-state index is 11.9. The summed E-state index contributed by atoms with van der Waals surface area (Å²) in [4.78, 5) is 16.2. The molecular weight excluding hydrogens is 479 g/mol. The molecule has 1 saturated carbocycles. The fourth-order valence-electron chi connectivity index (χ4n) is 3.32. The number of guanidine groups is 1. The number of nitrogens with zero attached hydrogens (tertiary/aromatic N) is 1. The number of aryl methyl sites for hydroxylation is 1. The number of nitrogens with one attached hydrogen (secondary N) is 3. The van der Waals surface area contributed by atoms with Crippen molar-refractivity contribution in [1.82, 2.24) is 16.0 Å². The summed E-state index contributed by atoms with van der Waals surface area (Å²) in [5.74, 6) is 0.843. The average Bonchev–Trinajstić information content (AvgIpc) is 2.62. The van der Waals surface area contributed by atoms with E-state index >= 15 is 0 Å². The van der Waals surface area contributed by atoms with Crippen molar-refractivity contribution in [2.75, 3.05) is 13.6 Å². The van der Waals surface area contributed by atoms with Gasteiger partial charge in [-0.05, 0) is 65.4 Å². The van der Waals surface area contributed by atoms with Crippen molar-refractivity contribution < 1.29 is 9.53 Å². The van der Waals surface area contributed by atoms with Crippen LogP contribution in [0, 0.1) is 6.92 Å². The molecule has 1 fully saturated rings. The second-order valence-electron chi connectivity index (χ2n) is 8.57. The molecule has 0 unspecified atom stereocenters. The molecule has 0 aliphatic heterocycles. The molecule has 2 rings (SSSR count). The van der Waals surface area contributed by atoms with Crippen LogP contribution in [-0.4, -0.2) is 43.3 Å². The number of amides is 1. The van der Waals surface area contributed by atoms with Crippen LogP contribution in [-0.2, 0) is 11.2 Å². The molecule has 29 heavy (non-hydrogen) atoms. The first kappa shape index (κ1) is 25.5. The third kappa shape index (κ3) is 10.2. The molecule has 0 radical (unpaired) electrons. The molecule has 164 valence electrons. The Hall–Kier alpha value is -1.51. The molecule has 1 aromatic carbocycles. The Labute approximate surface area is 192 Å². The van der Waals surface area contributed by atoms with Crippen molar-refractivity contribution >= 4 is 36.0 Å². The summed E-state index contributed by atoms with van der Waals surface area (Å²) in [7, 11) is 1.80. The van der Waals surface area contributed by atoms with Gasteiger partial charge in [-0.15, -0.1) is 24.0 Å². The number of carbonyl (C=O) groups excluding carboxylic acids is 1. The fourth-order valence-corrected chi connectivity index (χ4v) is 3.32. The fraction of sp³-hybridized carbons (Fsp3) is 0.636. The first-order valence-corrected chi connectivity index (χ1v) is 10.3. The van der Waals surface area contributed by atoms with Crippen LogP contribution >= 0.6 is 24.0 Å². The Kier molecular flexibility index (Phi) is 10.8. The number of halogens is 1. The lowest BCUT2D eigenvalue weighted by Gasteiger charge is -2.31. The summed E-state index contributed by atoms with van der Waals surface area (Å²) in [6, 6.07) is 9.20. The highest BCUT2D eigenvalue weighted by Gasteiger charge is 2.25. The van der Waals surface area contributed by atoms with Crippen LogP contribution in [0.4, 0.5) is 4.79 Å². The van der Waals surface area contributed by atoms with Gasteiger partial charge in [0.05, 0.1) is 0 Å². The van der Waals surface area contributed by atoms with Gasteiger partial charge in [-0.1, -0.05) is 29.8 Å². The number of ether oxygens (including phenoxy) is 1. The summed E-state index contributed by atoms with van der Waals surface area (Å²) >= 11 is 0. The smallest absolute Gasteiger partial charge is 0.407 e. The van der Waals surface area contributed by atoms with Crippen LogP contribution in [0.3, 0.4) is 0 Å². The minimum absolute atomic E-state index is 0. The number of hydrogen-bond acceptors (Lipinski definition) is 3. The second-order valence-corrected chi connectivity index (χ2v) is 8.57. The number of aliphatic imine (C=N–C) groups is 1. The molecule has 0 heterocycles. The zero-order valence-corrected chi connectivity index (χ0v) is 20.7. The standard InChI is InChI=1S/C22H36N4O2.HI/c1-16-6-8-17(9-7-16)14-15-24-20(23-5)25-18-10-12-19(13-11-18)26-21(27)28-22(2,3)4;/h6-9,18-19H,10-15H2,1-5H3,(H,26,27)(H2,23,24,25);1H. The summed E-state index contributed by atoms with van der Waals surface area (Å²) in [5, 5.41) is 9.89. The Morgan fingerprint density at radius 2 is 1.62 bits per heavy atom.